The molecular weight excluding hydrogens is 275 g/mol. The smallest absolute Gasteiger partial charge is 0.316 e. The van der Waals surface area contributed by atoms with Crippen LogP contribution in [-0.4, -0.2) is 31.1 Å². The number of hydrogen-bond acceptors (Lipinski definition) is 2. The lowest BCUT2D eigenvalue weighted by atomic mass is 10.2. The molecule has 1 unspecified atom stereocenters. The highest BCUT2D eigenvalue weighted by Crippen LogP contribution is 2.49. The fraction of sp³-hybridized carbons (Fsp3) is 1.00. The molecule has 0 amide bonds. The molecule has 0 aromatic heterocycles. The minimum absolute atomic E-state index is 0.734. The number of alkyl halides is 9. The van der Waals surface area contributed by atoms with Crippen molar-refractivity contribution in [2.24, 2.45) is 0 Å². The van der Waals surface area contributed by atoms with Crippen LogP contribution in [0.1, 0.15) is 6.92 Å². The Balaban J connectivity index is 5.41. The van der Waals surface area contributed by atoms with Crippen molar-refractivity contribution in [3.05, 3.63) is 0 Å². The molecule has 0 fully saturated rings. The van der Waals surface area contributed by atoms with E-state index in [1.165, 1.54) is 0 Å². The van der Waals surface area contributed by atoms with Crippen molar-refractivity contribution < 1.29 is 49.0 Å². The van der Waals surface area contributed by atoms with E-state index in [0.29, 0.717) is 0 Å². The quantitative estimate of drug-likeness (QED) is 0.735. The molecule has 0 aliphatic heterocycles. The van der Waals surface area contributed by atoms with Crippen LogP contribution < -0.4 is 0 Å². The van der Waals surface area contributed by atoms with Crippen LogP contribution in [0, 0.1) is 0 Å². The molecule has 0 aromatic carbocycles. The summed E-state index contributed by atoms with van der Waals surface area (Å²) in [7, 11) is 0. The fourth-order valence-electron chi connectivity index (χ4n) is 0.716. The van der Waals surface area contributed by atoms with E-state index >= 15 is 0 Å². The summed E-state index contributed by atoms with van der Waals surface area (Å²) in [6.07, 6.45) is -18.7. The van der Waals surface area contributed by atoms with Gasteiger partial charge in [-0.05, 0) is 6.92 Å². The van der Waals surface area contributed by atoms with E-state index in [0.717, 1.165) is 6.92 Å². The Bertz CT molecular complexity index is 257. The average Bonchev–Trinajstić information content (AvgIpc) is 1.97. The average molecular weight is 280 g/mol. The first-order valence-electron chi connectivity index (χ1n) is 3.81. The molecule has 11 heteroatoms. The first kappa shape index (κ1) is 16.3. The molecule has 104 valence electrons. The third-order valence-electron chi connectivity index (χ3n) is 1.32. The van der Waals surface area contributed by atoms with Crippen molar-refractivity contribution in [3.63, 3.8) is 0 Å². The monoisotopic (exact) mass is 280 g/mol. The zero-order valence-electron chi connectivity index (χ0n) is 7.93. The number of rotatable bonds is 4. The lowest BCUT2D eigenvalue weighted by Crippen LogP contribution is -2.60. The van der Waals surface area contributed by atoms with Gasteiger partial charge < -0.3 is 4.74 Å². The van der Waals surface area contributed by atoms with Crippen molar-refractivity contribution in [2.45, 2.75) is 31.4 Å². The summed E-state index contributed by atoms with van der Waals surface area (Å²) in [6.45, 7) is -0.422. The molecule has 2 nitrogen and oxygen atoms in total. The highest BCUT2D eigenvalue weighted by Gasteiger charge is 2.77. The number of hydrogen-bond donors (Lipinski definition) is 0. The van der Waals surface area contributed by atoms with E-state index in [1.807, 2.05) is 4.74 Å². The molecule has 0 saturated carbocycles. The predicted molar refractivity (Wildman–Crippen MR) is 33.6 cm³/mol. The van der Waals surface area contributed by atoms with Crippen molar-refractivity contribution in [2.75, 3.05) is 6.61 Å². The Morgan fingerprint density at radius 1 is 0.824 bits per heavy atom. The highest BCUT2D eigenvalue weighted by molar-refractivity contribution is 4.87. The van der Waals surface area contributed by atoms with Crippen LogP contribution in [-0.2, 0) is 9.47 Å². The maximum absolute atomic E-state index is 12.8. The van der Waals surface area contributed by atoms with Crippen LogP contribution in [0.15, 0.2) is 0 Å². The molecule has 0 aliphatic rings. The Kier molecular flexibility index (Phi) is 4.33. The summed E-state index contributed by atoms with van der Waals surface area (Å²) < 4.78 is 113. The normalized spacial score (nSPS) is 18.0. The maximum Gasteiger partial charge on any atom is 0.525 e. The molecule has 0 rings (SSSR count). The summed E-state index contributed by atoms with van der Waals surface area (Å²) >= 11 is 0. The predicted octanol–water partition coefficient (Wildman–Crippen LogP) is 3.38. The summed E-state index contributed by atoms with van der Waals surface area (Å²) in [5, 5.41) is 0. The zero-order valence-corrected chi connectivity index (χ0v) is 7.93. The van der Waals surface area contributed by atoms with Gasteiger partial charge in [0.1, 0.15) is 0 Å². The van der Waals surface area contributed by atoms with Crippen LogP contribution in [0.3, 0.4) is 0 Å². The first-order chi connectivity index (χ1) is 7.27. The molecule has 0 spiro atoms. The Morgan fingerprint density at radius 2 is 1.24 bits per heavy atom. The molecule has 1 atom stereocenters. The SMILES string of the molecule is CCOC(F)(F)C(F)(OC(F)(F)F)C(F)(F)F. The van der Waals surface area contributed by atoms with Crippen molar-refractivity contribution in [1.82, 2.24) is 0 Å². The summed E-state index contributed by atoms with van der Waals surface area (Å²) in [5.41, 5.74) is 0. The first-order valence-corrected chi connectivity index (χ1v) is 3.81. The van der Waals surface area contributed by atoms with Gasteiger partial charge in [-0.25, -0.2) is 4.74 Å². The molecule has 0 aliphatic carbocycles. The Morgan fingerprint density at radius 3 is 1.47 bits per heavy atom. The molecule has 0 bridgehead atoms. The van der Waals surface area contributed by atoms with E-state index in [1.54, 1.807) is 0 Å². The van der Waals surface area contributed by atoms with Gasteiger partial charge in [-0.2, -0.15) is 26.3 Å². The standard InChI is InChI=1S/C6H5F9O2/c1-2-16-5(11,12)3(7,4(8,9)10)17-6(13,14)15/h2H2,1H3. The lowest BCUT2D eigenvalue weighted by molar-refractivity contribution is -0.519. The molecule has 17 heavy (non-hydrogen) atoms. The van der Waals surface area contributed by atoms with Gasteiger partial charge in [-0.3, -0.25) is 0 Å². The van der Waals surface area contributed by atoms with Gasteiger partial charge in [-0.15, -0.1) is 13.2 Å². The largest absolute Gasteiger partial charge is 0.525 e. The van der Waals surface area contributed by atoms with E-state index in [4.69, 9.17) is 0 Å². The third-order valence-corrected chi connectivity index (χ3v) is 1.32. The minimum atomic E-state index is -6.64. The van der Waals surface area contributed by atoms with E-state index in [2.05, 4.69) is 4.74 Å². The van der Waals surface area contributed by atoms with Crippen molar-refractivity contribution in [1.29, 1.82) is 0 Å². The Labute approximate surface area is 88.3 Å². The van der Waals surface area contributed by atoms with Crippen molar-refractivity contribution in [3.8, 4) is 0 Å². The second-order valence-corrected chi connectivity index (χ2v) is 2.59. The molecule has 0 saturated heterocycles. The van der Waals surface area contributed by atoms with Crippen LogP contribution in [0.25, 0.3) is 0 Å². The molecular formula is C6H5F9O2. The van der Waals surface area contributed by atoms with Gasteiger partial charge in [0, 0.05) is 0 Å². The molecule has 0 heterocycles. The second-order valence-electron chi connectivity index (χ2n) is 2.59. The zero-order chi connectivity index (χ0) is 14.1. The number of halogens is 9. The lowest BCUT2D eigenvalue weighted by Gasteiger charge is -2.33. The molecule has 0 N–H and O–H groups in total. The van der Waals surface area contributed by atoms with Crippen LogP contribution >= 0.6 is 0 Å². The summed E-state index contributed by atoms with van der Waals surface area (Å²) in [4.78, 5) is 0. The van der Waals surface area contributed by atoms with Crippen LogP contribution in [0.4, 0.5) is 39.5 Å². The van der Waals surface area contributed by atoms with E-state index in [9.17, 15) is 39.5 Å². The van der Waals surface area contributed by atoms with E-state index < -0.39 is 31.1 Å². The van der Waals surface area contributed by atoms with Gasteiger partial charge in [0.15, 0.2) is 0 Å². The third kappa shape index (κ3) is 3.63. The summed E-state index contributed by atoms with van der Waals surface area (Å²) in [5.74, 6) is -6.31. The van der Waals surface area contributed by atoms with Crippen LogP contribution in [0.2, 0.25) is 0 Å². The van der Waals surface area contributed by atoms with Gasteiger partial charge in [0.2, 0.25) is 0 Å². The Hall–Kier alpha value is -0.710. The fourth-order valence-corrected chi connectivity index (χ4v) is 0.716. The topological polar surface area (TPSA) is 18.5 Å². The van der Waals surface area contributed by atoms with Gasteiger partial charge in [0.05, 0.1) is 6.61 Å². The van der Waals surface area contributed by atoms with Crippen molar-refractivity contribution >= 4 is 0 Å². The highest BCUT2D eigenvalue weighted by atomic mass is 19.4. The molecule has 0 radical (unpaired) electrons. The van der Waals surface area contributed by atoms with E-state index in [-0.39, 0.29) is 0 Å². The molecule has 0 aromatic rings. The minimum Gasteiger partial charge on any atom is -0.316 e. The van der Waals surface area contributed by atoms with Crippen LogP contribution in [0.5, 0.6) is 0 Å². The number of ether oxygens (including phenoxy) is 2. The summed E-state index contributed by atoms with van der Waals surface area (Å²) in [6, 6.07) is 0. The maximum atomic E-state index is 12.8. The second kappa shape index (κ2) is 4.52. The van der Waals surface area contributed by atoms with Gasteiger partial charge in [0.25, 0.3) is 0 Å². The van der Waals surface area contributed by atoms with Gasteiger partial charge >= 0.3 is 24.5 Å². The van der Waals surface area contributed by atoms with Gasteiger partial charge in [-0.1, -0.05) is 0 Å².